The third kappa shape index (κ3) is 5.62. The summed E-state index contributed by atoms with van der Waals surface area (Å²) < 4.78 is 18.1. The molecule has 4 rings (SSSR count). The van der Waals surface area contributed by atoms with E-state index in [-0.39, 0.29) is 12.2 Å². The Hall–Kier alpha value is -2.82. The van der Waals surface area contributed by atoms with Gasteiger partial charge >= 0.3 is 0 Å². The highest BCUT2D eigenvalue weighted by Gasteiger charge is 2.34. The van der Waals surface area contributed by atoms with Crippen LogP contribution in [0.2, 0.25) is 0 Å². The first-order chi connectivity index (χ1) is 14.8. The summed E-state index contributed by atoms with van der Waals surface area (Å²) in [6.45, 7) is 1.04. The van der Waals surface area contributed by atoms with Gasteiger partial charge in [0.2, 0.25) is 0 Å². The largest absolute Gasteiger partial charge is 0.489 e. The zero-order valence-corrected chi connectivity index (χ0v) is 17.0. The lowest BCUT2D eigenvalue weighted by atomic mass is 9.91. The minimum Gasteiger partial charge on any atom is -0.489 e. The maximum Gasteiger partial charge on any atom is 0.150 e. The summed E-state index contributed by atoms with van der Waals surface area (Å²) in [5, 5.41) is 10.5. The number of rotatable bonds is 8. The molecule has 3 atom stereocenters. The van der Waals surface area contributed by atoms with E-state index >= 15 is 0 Å². The van der Waals surface area contributed by atoms with Crippen LogP contribution in [-0.2, 0) is 18.0 Å². The zero-order chi connectivity index (χ0) is 20.6. The average Bonchev–Trinajstić information content (AvgIpc) is 2.80. The first kappa shape index (κ1) is 20.5. The Kier molecular flexibility index (Phi) is 7.01. The summed E-state index contributed by atoms with van der Waals surface area (Å²) in [6, 6.07) is 27.7. The Morgan fingerprint density at radius 2 is 1.30 bits per heavy atom. The molecule has 3 aromatic carbocycles. The molecule has 0 radical (unpaired) electrons. The number of ether oxygens (including phenoxy) is 3. The first-order valence-electron chi connectivity index (χ1n) is 10.5. The second-order valence-electron chi connectivity index (χ2n) is 7.66. The molecule has 0 bridgehead atoms. The van der Waals surface area contributed by atoms with E-state index in [1.54, 1.807) is 0 Å². The van der Waals surface area contributed by atoms with Gasteiger partial charge in [-0.25, -0.2) is 0 Å². The molecular weight excluding hydrogens is 376 g/mol. The molecule has 4 heteroatoms. The van der Waals surface area contributed by atoms with E-state index in [1.165, 1.54) is 0 Å². The highest BCUT2D eigenvalue weighted by molar-refractivity contribution is 5.32. The number of benzene rings is 3. The third-order valence-corrected chi connectivity index (χ3v) is 5.39. The summed E-state index contributed by atoms with van der Waals surface area (Å²) >= 11 is 0. The summed E-state index contributed by atoms with van der Waals surface area (Å²) in [4.78, 5) is 0. The van der Waals surface area contributed by atoms with E-state index in [4.69, 9.17) is 14.2 Å². The van der Waals surface area contributed by atoms with Crippen LogP contribution in [0.1, 0.15) is 30.4 Å². The molecule has 0 aliphatic heterocycles. The Bertz CT molecular complexity index is 880. The van der Waals surface area contributed by atoms with Gasteiger partial charge in [-0.05, 0) is 54.7 Å². The first-order valence-corrected chi connectivity index (χ1v) is 10.5. The molecule has 0 amide bonds. The van der Waals surface area contributed by atoms with E-state index in [0.29, 0.717) is 19.0 Å². The van der Waals surface area contributed by atoms with Crippen molar-refractivity contribution >= 4 is 0 Å². The molecule has 1 fully saturated rings. The monoisotopic (exact) mass is 404 g/mol. The molecular formula is C26H28O4. The van der Waals surface area contributed by atoms with Gasteiger partial charge in [0.25, 0.3) is 0 Å². The summed E-state index contributed by atoms with van der Waals surface area (Å²) in [7, 11) is 0. The fourth-order valence-electron chi connectivity index (χ4n) is 3.73. The summed E-state index contributed by atoms with van der Waals surface area (Å²) in [5.74, 6) is 1.49. The van der Waals surface area contributed by atoms with Gasteiger partial charge < -0.3 is 19.3 Å². The van der Waals surface area contributed by atoms with Crippen LogP contribution in [0.3, 0.4) is 0 Å². The SMILES string of the molecule is OC1CCCC(OCc2ccccc2)C1Oc1ccc(OCc2ccccc2)cc1. The molecule has 30 heavy (non-hydrogen) atoms. The Labute approximate surface area is 178 Å². The second-order valence-corrected chi connectivity index (χ2v) is 7.66. The topological polar surface area (TPSA) is 47.9 Å². The lowest BCUT2D eigenvalue weighted by Gasteiger charge is -2.35. The van der Waals surface area contributed by atoms with Gasteiger partial charge in [0.1, 0.15) is 18.1 Å². The van der Waals surface area contributed by atoms with Gasteiger partial charge in [0.15, 0.2) is 6.10 Å². The van der Waals surface area contributed by atoms with E-state index in [2.05, 4.69) is 0 Å². The predicted molar refractivity (Wildman–Crippen MR) is 117 cm³/mol. The van der Waals surface area contributed by atoms with Crippen molar-refractivity contribution in [2.24, 2.45) is 0 Å². The minimum atomic E-state index is -0.534. The maximum atomic E-state index is 10.5. The number of aliphatic hydroxyl groups is 1. The number of aliphatic hydroxyl groups excluding tert-OH is 1. The van der Waals surface area contributed by atoms with Gasteiger partial charge in [-0.15, -0.1) is 0 Å². The highest BCUT2D eigenvalue weighted by atomic mass is 16.5. The molecule has 1 saturated carbocycles. The van der Waals surface area contributed by atoms with E-state index in [9.17, 15) is 5.11 Å². The molecule has 0 spiro atoms. The predicted octanol–water partition coefficient (Wildman–Crippen LogP) is 5.14. The molecule has 0 saturated heterocycles. The highest BCUT2D eigenvalue weighted by Crippen LogP contribution is 2.28. The molecule has 3 unspecified atom stereocenters. The van der Waals surface area contributed by atoms with Crippen molar-refractivity contribution in [2.75, 3.05) is 0 Å². The van der Waals surface area contributed by atoms with E-state index in [0.717, 1.165) is 36.1 Å². The minimum absolute atomic E-state index is 0.136. The van der Waals surface area contributed by atoms with Crippen LogP contribution in [0, 0.1) is 0 Å². The van der Waals surface area contributed by atoms with Gasteiger partial charge in [-0.3, -0.25) is 0 Å². The maximum absolute atomic E-state index is 10.5. The zero-order valence-electron chi connectivity index (χ0n) is 17.0. The third-order valence-electron chi connectivity index (χ3n) is 5.39. The molecule has 0 heterocycles. The van der Waals surface area contributed by atoms with Crippen molar-refractivity contribution in [1.29, 1.82) is 0 Å². The number of hydrogen-bond donors (Lipinski definition) is 1. The van der Waals surface area contributed by atoms with Crippen molar-refractivity contribution in [1.82, 2.24) is 0 Å². The van der Waals surface area contributed by atoms with Gasteiger partial charge in [0.05, 0.1) is 18.8 Å². The van der Waals surface area contributed by atoms with Crippen molar-refractivity contribution in [3.05, 3.63) is 96.1 Å². The molecule has 0 aromatic heterocycles. The van der Waals surface area contributed by atoms with Gasteiger partial charge in [-0.1, -0.05) is 60.7 Å². The fourth-order valence-corrected chi connectivity index (χ4v) is 3.73. The van der Waals surface area contributed by atoms with Crippen molar-refractivity contribution in [3.63, 3.8) is 0 Å². The lowest BCUT2D eigenvalue weighted by Crippen LogP contribution is -2.46. The molecule has 156 valence electrons. The molecule has 4 nitrogen and oxygen atoms in total. The molecule has 1 N–H and O–H groups in total. The van der Waals surface area contributed by atoms with Crippen LogP contribution in [0.15, 0.2) is 84.9 Å². The van der Waals surface area contributed by atoms with Crippen LogP contribution in [-0.4, -0.2) is 23.4 Å². The summed E-state index contributed by atoms with van der Waals surface area (Å²) in [5.41, 5.74) is 2.25. The van der Waals surface area contributed by atoms with E-state index < -0.39 is 6.10 Å². The van der Waals surface area contributed by atoms with Crippen LogP contribution in [0.4, 0.5) is 0 Å². The molecule has 1 aliphatic carbocycles. The van der Waals surface area contributed by atoms with Crippen LogP contribution < -0.4 is 9.47 Å². The lowest BCUT2D eigenvalue weighted by molar-refractivity contribution is -0.106. The van der Waals surface area contributed by atoms with Crippen LogP contribution >= 0.6 is 0 Å². The van der Waals surface area contributed by atoms with Gasteiger partial charge in [0, 0.05) is 0 Å². The quantitative estimate of drug-likeness (QED) is 0.565. The van der Waals surface area contributed by atoms with Gasteiger partial charge in [-0.2, -0.15) is 0 Å². The van der Waals surface area contributed by atoms with Crippen LogP contribution in [0.5, 0.6) is 11.5 Å². The standard InChI is InChI=1S/C26H28O4/c27-24-12-7-13-25(29-19-21-10-5-2-6-11-21)26(24)30-23-16-14-22(15-17-23)28-18-20-8-3-1-4-9-20/h1-6,8-11,14-17,24-27H,7,12-13,18-19H2. The molecule has 1 aliphatic rings. The molecule has 3 aromatic rings. The second kappa shape index (κ2) is 10.3. The van der Waals surface area contributed by atoms with Crippen molar-refractivity contribution in [2.45, 2.75) is 50.8 Å². The Morgan fingerprint density at radius 1 is 0.700 bits per heavy atom. The number of hydrogen-bond acceptors (Lipinski definition) is 4. The van der Waals surface area contributed by atoms with Crippen molar-refractivity contribution in [3.8, 4) is 11.5 Å². The Balaban J connectivity index is 1.34. The Morgan fingerprint density at radius 3 is 1.97 bits per heavy atom. The van der Waals surface area contributed by atoms with Crippen molar-refractivity contribution < 1.29 is 19.3 Å². The normalized spacial score (nSPS) is 21.2. The smallest absolute Gasteiger partial charge is 0.150 e. The fraction of sp³-hybridized carbons (Fsp3) is 0.308. The van der Waals surface area contributed by atoms with E-state index in [1.807, 2.05) is 84.9 Å². The summed E-state index contributed by atoms with van der Waals surface area (Å²) in [6.07, 6.45) is 1.50. The average molecular weight is 405 g/mol. The van der Waals surface area contributed by atoms with Crippen LogP contribution in [0.25, 0.3) is 0 Å².